The SMILES string of the molecule is COc1ccc(CO[C@H]2[C@@H](O)[C@@H](COC(=O)c3ccccc3)O[C@@H](Sc3ccccc3)[C@@H]2OC(=O)c2ccccc2)cc1. The van der Waals surface area contributed by atoms with Gasteiger partial charge in [-0.2, -0.15) is 0 Å². The summed E-state index contributed by atoms with van der Waals surface area (Å²) in [5.74, 6) is -0.423. The summed E-state index contributed by atoms with van der Waals surface area (Å²) in [4.78, 5) is 26.8. The van der Waals surface area contributed by atoms with E-state index in [4.69, 9.17) is 23.7 Å². The van der Waals surface area contributed by atoms with Crippen LogP contribution in [0.3, 0.4) is 0 Å². The fourth-order valence-corrected chi connectivity index (χ4v) is 5.69. The Morgan fingerprint density at radius 2 is 1.35 bits per heavy atom. The van der Waals surface area contributed by atoms with E-state index in [2.05, 4.69) is 0 Å². The summed E-state index contributed by atoms with van der Waals surface area (Å²) >= 11 is 1.33. The minimum absolute atomic E-state index is 0.115. The Hall–Kier alpha value is -4.15. The number of hydrogen-bond acceptors (Lipinski definition) is 9. The molecule has 5 rings (SSSR count). The minimum Gasteiger partial charge on any atom is -0.497 e. The highest BCUT2D eigenvalue weighted by molar-refractivity contribution is 7.99. The maximum Gasteiger partial charge on any atom is 0.338 e. The molecule has 0 aromatic heterocycles. The van der Waals surface area contributed by atoms with Crippen molar-refractivity contribution < 1.29 is 38.4 Å². The third kappa shape index (κ3) is 8.03. The van der Waals surface area contributed by atoms with Gasteiger partial charge >= 0.3 is 11.9 Å². The van der Waals surface area contributed by atoms with Crippen LogP contribution >= 0.6 is 11.8 Å². The minimum atomic E-state index is -1.29. The lowest BCUT2D eigenvalue weighted by atomic mass is 9.99. The Morgan fingerprint density at radius 3 is 1.95 bits per heavy atom. The van der Waals surface area contributed by atoms with E-state index >= 15 is 0 Å². The number of hydrogen-bond donors (Lipinski definition) is 1. The lowest BCUT2D eigenvalue weighted by molar-refractivity contribution is -0.223. The summed E-state index contributed by atoms with van der Waals surface area (Å²) in [6.07, 6.45) is -4.26. The van der Waals surface area contributed by atoms with Crippen LogP contribution in [0.5, 0.6) is 5.75 Å². The van der Waals surface area contributed by atoms with Crippen LogP contribution in [0.15, 0.2) is 120 Å². The third-order valence-electron chi connectivity index (χ3n) is 6.86. The van der Waals surface area contributed by atoms with E-state index in [-0.39, 0.29) is 13.2 Å². The van der Waals surface area contributed by atoms with E-state index in [1.54, 1.807) is 67.8 Å². The van der Waals surface area contributed by atoms with Crippen molar-refractivity contribution in [2.75, 3.05) is 13.7 Å². The van der Waals surface area contributed by atoms with Crippen LogP contribution in [0.2, 0.25) is 0 Å². The Labute approximate surface area is 254 Å². The summed E-state index contributed by atoms with van der Waals surface area (Å²) < 4.78 is 29.4. The molecule has 0 saturated carbocycles. The molecule has 1 N–H and O–H groups in total. The zero-order chi connectivity index (χ0) is 30.0. The molecule has 1 heterocycles. The number of aliphatic hydroxyl groups is 1. The van der Waals surface area contributed by atoms with E-state index in [1.807, 2.05) is 54.6 Å². The molecule has 0 spiro atoms. The maximum absolute atomic E-state index is 13.3. The van der Waals surface area contributed by atoms with Gasteiger partial charge in [0.05, 0.1) is 24.8 Å². The molecule has 4 aromatic carbocycles. The van der Waals surface area contributed by atoms with Gasteiger partial charge in [0.1, 0.15) is 36.1 Å². The molecule has 43 heavy (non-hydrogen) atoms. The number of ether oxygens (including phenoxy) is 5. The van der Waals surface area contributed by atoms with E-state index in [9.17, 15) is 14.7 Å². The summed E-state index contributed by atoms with van der Waals surface area (Å²) in [7, 11) is 1.59. The molecule has 0 unspecified atom stereocenters. The number of carbonyl (C=O) groups excluding carboxylic acids is 2. The first-order valence-corrected chi connectivity index (χ1v) is 14.7. The van der Waals surface area contributed by atoms with Gasteiger partial charge in [-0.25, -0.2) is 9.59 Å². The molecule has 1 aliphatic heterocycles. The quantitative estimate of drug-likeness (QED) is 0.222. The average Bonchev–Trinajstić information content (AvgIpc) is 3.06. The molecule has 0 amide bonds. The Bertz CT molecular complexity index is 1450. The Kier molecular flexibility index (Phi) is 10.5. The topological polar surface area (TPSA) is 101 Å². The van der Waals surface area contributed by atoms with Gasteiger partial charge < -0.3 is 28.8 Å². The van der Waals surface area contributed by atoms with Gasteiger partial charge in [0, 0.05) is 4.90 Å². The van der Waals surface area contributed by atoms with E-state index in [1.165, 1.54) is 11.8 Å². The monoisotopic (exact) mass is 600 g/mol. The first kappa shape index (κ1) is 30.3. The summed E-state index contributed by atoms with van der Waals surface area (Å²) in [5, 5.41) is 11.5. The van der Waals surface area contributed by atoms with Crippen LogP contribution < -0.4 is 4.74 Å². The zero-order valence-electron chi connectivity index (χ0n) is 23.5. The molecule has 0 radical (unpaired) electrons. The maximum atomic E-state index is 13.3. The van der Waals surface area contributed by atoms with Gasteiger partial charge in [-0.1, -0.05) is 78.5 Å². The molecule has 1 aliphatic rings. The predicted octanol–water partition coefficient (Wildman–Crippen LogP) is 5.54. The molecule has 4 aromatic rings. The second-order valence-corrected chi connectivity index (χ2v) is 11.0. The fourth-order valence-electron chi connectivity index (χ4n) is 4.57. The highest BCUT2D eigenvalue weighted by Gasteiger charge is 2.49. The van der Waals surface area contributed by atoms with Crippen molar-refractivity contribution in [2.45, 2.75) is 41.4 Å². The van der Waals surface area contributed by atoms with E-state index in [0.717, 1.165) is 10.5 Å². The van der Waals surface area contributed by atoms with Crippen molar-refractivity contribution >= 4 is 23.7 Å². The van der Waals surface area contributed by atoms with Crippen molar-refractivity contribution in [3.8, 4) is 5.75 Å². The molecule has 0 bridgehead atoms. The lowest BCUT2D eigenvalue weighted by Gasteiger charge is -2.43. The van der Waals surface area contributed by atoms with Crippen molar-refractivity contribution in [1.29, 1.82) is 0 Å². The second kappa shape index (κ2) is 14.8. The van der Waals surface area contributed by atoms with Gasteiger partial charge in [0.2, 0.25) is 0 Å². The second-order valence-electron chi connectivity index (χ2n) is 9.79. The number of carbonyl (C=O) groups is 2. The number of thioether (sulfide) groups is 1. The molecular formula is C34H32O8S. The number of esters is 2. The molecule has 5 atom stereocenters. The Balaban J connectivity index is 1.41. The van der Waals surface area contributed by atoms with E-state index in [0.29, 0.717) is 16.9 Å². The van der Waals surface area contributed by atoms with Crippen molar-refractivity contribution in [3.05, 3.63) is 132 Å². The van der Waals surface area contributed by atoms with Crippen LogP contribution in [0.1, 0.15) is 26.3 Å². The van der Waals surface area contributed by atoms with Crippen LogP contribution in [-0.4, -0.2) is 60.6 Å². The van der Waals surface area contributed by atoms with Crippen molar-refractivity contribution in [1.82, 2.24) is 0 Å². The normalized spacial score (nSPS) is 21.5. The third-order valence-corrected chi connectivity index (χ3v) is 8.01. The number of rotatable bonds is 11. The van der Waals surface area contributed by atoms with Crippen molar-refractivity contribution in [2.24, 2.45) is 0 Å². The van der Waals surface area contributed by atoms with Crippen LogP contribution in [0, 0.1) is 0 Å². The Morgan fingerprint density at radius 1 is 0.767 bits per heavy atom. The standard InChI is InChI=1S/C34H32O8S/c1-38-26-19-17-23(18-20-26)21-39-30-29(35)28(22-40-32(36)24-11-5-2-6-12-24)41-34(43-27-15-9-4-10-16-27)31(30)42-33(37)25-13-7-3-8-14-25/h2-20,28-31,34-35H,21-22H2,1H3/t28-,29+,30+,31-,34+/m1/s1. The largest absolute Gasteiger partial charge is 0.497 e. The van der Waals surface area contributed by atoms with Gasteiger partial charge in [0.15, 0.2) is 6.10 Å². The zero-order valence-corrected chi connectivity index (χ0v) is 24.3. The van der Waals surface area contributed by atoms with Gasteiger partial charge in [0.25, 0.3) is 0 Å². The van der Waals surface area contributed by atoms with Gasteiger partial charge in [-0.3, -0.25) is 0 Å². The first-order chi connectivity index (χ1) is 21.0. The molecule has 1 saturated heterocycles. The fraction of sp³-hybridized carbons (Fsp3) is 0.235. The molecular weight excluding hydrogens is 568 g/mol. The van der Waals surface area contributed by atoms with Crippen LogP contribution in [-0.2, 0) is 25.6 Å². The van der Waals surface area contributed by atoms with E-state index < -0.39 is 41.8 Å². The highest BCUT2D eigenvalue weighted by atomic mass is 32.2. The van der Waals surface area contributed by atoms with Gasteiger partial charge in [-0.05, 0) is 54.1 Å². The highest BCUT2D eigenvalue weighted by Crippen LogP contribution is 2.37. The molecule has 8 nitrogen and oxygen atoms in total. The number of benzene rings is 4. The molecule has 0 aliphatic carbocycles. The predicted molar refractivity (Wildman–Crippen MR) is 161 cm³/mol. The lowest BCUT2D eigenvalue weighted by Crippen LogP contribution is -2.60. The molecule has 1 fully saturated rings. The number of aliphatic hydroxyl groups excluding tert-OH is 1. The summed E-state index contributed by atoms with van der Waals surface area (Å²) in [6, 6.07) is 34.0. The molecule has 9 heteroatoms. The summed E-state index contributed by atoms with van der Waals surface area (Å²) in [6.45, 7) is -0.118. The van der Waals surface area contributed by atoms with Gasteiger partial charge in [-0.15, -0.1) is 0 Å². The van der Waals surface area contributed by atoms with Crippen LogP contribution in [0.25, 0.3) is 0 Å². The molecule has 222 valence electrons. The first-order valence-electron chi connectivity index (χ1n) is 13.8. The smallest absolute Gasteiger partial charge is 0.338 e. The number of methoxy groups -OCH3 is 1. The summed E-state index contributed by atoms with van der Waals surface area (Å²) in [5.41, 5.74) is 0.768. The van der Waals surface area contributed by atoms with Crippen LogP contribution in [0.4, 0.5) is 0 Å². The average molecular weight is 601 g/mol. The van der Waals surface area contributed by atoms with Crippen molar-refractivity contribution in [3.63, 3.8) is 0 Å².